The van der Waals surface area contributed by atoms with Crippen LogP contribution in [0.4, 0.5) is 5.69 Å². The molecule has 3 rings (SSSR count). The van der Waals surface area contributed by atoms with Gasteiger partial charge in [0.15, 0.2) is 0 Å². The third-order valence-corrected chi connectivity index (χ3v) is 3.64. The van der Waals surface area contributed by atoms with Crippen LogP contribution in [0.2, 0.25) is 5.02 Å². The van der Waals surface area contributed by atoms with Crippen molar-refractivity contribution in [1.82, 2.24) is 14.7 Å². The second kappa shape index (κ2) is 6.76. The van der Waals surface area contributed by atoms with Crippen LogP contribution in [-0.2, 0) is 6.54 Å². The van der Waals surface area contributed by atoms with E-state index in [1.807, 2.05) is 0 Å². The Morgan fingerprint density at radius 3 is 2.81 bits per heavy atom. The Bertz CT molecular complexity index is 1070. The highest BCUT2D eigenvalue weighted by Crippen LogP contribution is 2.20. The minimum absolute atomic E-state index is 0.0120. The van der Waals surface area contributed by atoms with E-state index in [4.69, 9.17) is 21.9 Å². The number of nitrogens with zero attached hydrogens (tertiary/aromatic N) is 4. The van der Waals surface area contributed by atoms with E-state index in [-0.39, 0.29) is 18.3 Å². The van der Waals surface area contributed by atoms with E-state index in [9.17, 15) is 19.7 Å². The fourth-order valence-corrected chi connectivity index (χ4v) is 2.41. The van der Waals surface area contributed by atoms with Crippen molar-refractivity contribution in [3.63, 3.8) is 0 Å². The van der Waals surface area contributed by atoms with Crippen LogP contribution < -0.4 is 11.3 Å². The number of benzene rings is 1. The molecule has 1 aromatic carbocycles. The molecule has 0 aliphatic heterocycles. The topological polar surface area (TPSA) is 147 Å². The molecule has 26 heavy (non-hydrogen) atoms. The van der Waals surface area contributed by atoms with E-state index in [0.29, 0.717) is 10.6 Å². The maximum atomic E-state index is 12.2. The highest BCUT2D eigenvalue weighted by atomic mass is 35.5. The van der Waals surface area contributed by atoms with Crippen LogP contribution in [0.15, 0.2) is 45.8 Å². The first-order valence-corrected chi connectivity index (χ1v) is 7.50. The van der Waals surface area contributed by atoms with E-state index in [2.05, 4.69) is 10.1 Å². The molecule has 0 radical (unpaired) electrons. The SMILES string of the molecule is NC(=O)c1cc([N+](=O)[O-])cn(Cc2nc(-c3cccc(Cl)c3)no2)c1=O. The second-order valence-electron chi connectivity index (χ2n) is 5.19. The zero-order valence-electron chi connectivity index (χ0n) is 13.0. The quantitative estimate of drug-likeness (QED) is 0.526. The number of pyridine rings is 1. The predicted octanol–water partition coefficient (Wildman–Crippen LogP) is 1.61. The number of aromatic nitrogens is 3. The molecule has 0 spiro atoms. The molecule has 10 nitrogen and oxygen atoms in total. The van der Waals surface area contributed by atoms with Crippen molar-refractivity contribution in [1.29, 1.82) is 0 Å². The van der Waals surface area contributed by atoms with Gasteiger partial charge in [-0.1, -0.05) is 28.9 Å². The minimum Gasteiger partial charge on any atom is -0.365 e. The summed E-state index contributed by atoms with van der Waals surface area (Å²) < 4.78 is 5.98. The summed E-state index contributed by atoms with van der Waals surface area (Å²) >= 11 is 5.91. The number of carbonyl (C=O) groups excluding carboxylic acids is 1. The Morgan fingerprint density at radius 1 is 1.38 bits per heavy atom. The fraction of sp³-hybridized carbons (Fsp3) is 0.0667. The van der Waals surface area contributed by atoms with Crippen LogP contribution in [0.1, 0.15) is 16.2 Å². The van der Waals surface area contributed by atoms with E-state index in [0.717, 1.165) is 16.8 Å². The molecule has 2 heterocycles. The number of hydrogen-bond acceptors (Lipinski definition) is 7. The van der Waals surface area contributed by atoms with Gasteiger partial charge in [-0.25, -0.2) is 0 Å². The smallest absolute Gasteiger partial charge is 0.286 e. The van der Waals surface area contributed by atoms with Gasteiger partial charge >= 0.3 is 0 Å². The molecule has 0 aliphatic rings. The molecule has 0 saturated carbocycles. The number of rotatable bonds is 5. The Hall–Kier alpha value is -3.53. The van der Waals surface area contributed by atoms with Crippen molar-refractivity contribution in [2.24, 2.45) is 5.73 Å². The normalized spacial score (nSPS) is 10.7. The van der Waals surface area contributed by atoms with Crippen LogP contribution in [0, 0.1) is 10.1 Å². The molecule has 2 N–H and O–H groups in total. The zero-order chi connectivity index (χ0) is 18.8. The Labute approximate surface area is 150 Å². The lowest BCUT2D eigenvalue weighted by Gasteiger charge is -2.04. The van der Waals surface area contributed by atoms with Crippen LogP contribution in [-0.4, -0.2) is 25.5 Å². The van der Waals surface area contributed by atoms with Gasteiger partial charge in [-0.05, 0) is 12.1 Å². The van der Waals surface area contributed by atoms with Crippen molar-refractivity contribution in [3.05, 3.63) is 73.5 Å². The van der Waals surface area contributed by atoms with Crippen LogP contribution in [0.5, 0.6) is 0 Å². The van der Waals surface area contributed by atoms with Crippen LogP contribution >= 0.6 is 11.6 Å². The summed E-state index contributed by atoms with van der Waals surface area (Å²) in [5, 5.41) is 15.3. The monoisotopic (exact) mass is 375 g/mol. The van der Waals surface area contributed by atoms with E-state index >= 15 is 0 Å². The number of primary amides is 1. The summed E-state index contributed by atoms with van der Waals surface area (Å²) in [6, 6.07) is 7.55. The lowest BCUT2D eigenvalue weighted by atomic mass is 10.2. The van der Waals surface area contributed by atoms with Gasteiger partial charge in [-0.3, -0.25) is 24.3 Å². The number of amides is 1. The van der Waals surface area contributed by atoms with Gasteiger partial charge in [-0.2, -0.15) is 4.98 Å². The van der Waals surface area contributed by atoms with Gasteiger partial charge in [0.05, 0.1) is 11.1 Å². The minimum atomic E-state index is -1.07. The van der Waals surface area contributed by atoms with Crippen LogP contribution in [0.3, 0.4) is 0 Å². The molecule has 11 heteroatoms. The molecule has 0 fully saturated rings. The molecular weight excluding hydrogens is 366 g/mol. The van der Waals surface area contributed by atoms with Crippen molar-refractivity contribution < 1.29 is 14.2 Å². The molecule has 0 aliphatic carbocycles. The molecule has 2 aromatic heterocycles. The molecule has 0 bridgehead atoms. The van der Waals surface area contributed by atoms with Crippen molar-refractivity contribution in [2.45, 2.75) is 6.54 Å². The molecular formula is C15H10ClN5O5. The Kier molecular flexibility index (Phi) is 4.50. The highest BCUT2D eigenvalue weighted by Gasteiger charge is 2.19. The first-order valence-electron chi connectivity index (χ1n) is 7.12. The summed E-state index contributed by atoms with van der Waals surface area (Å²) in [6.45, 7) is -0.269. The number of carbonyl (C=O) groups is 1. The molecule has 0 saturated heterocycles. The van der Waals surface area contributed by atoms with Crippen LogP contribution in [0.25, 0.3) is 11.4 Å². The first kappa shape index (κ1) is 17.3. The van der Waals surface area contributed by atoms with Gasteiger partial charge in [0.25, 0.3) is 17.2 Å². The lowest BCUT2D eigenvalue weighted by molar-refractivity contribution is -0.385. The number of nitro groups is 1. The summed E-state index contributed by atoms with van der Waals surface area (Å²) in [4.78, 5) is 38.0. The zero-order valence-corrected chi connectivity index (χ0v) is 13.7. The van der Waals surface area contributed by atoms with E-state index in [1.165, 1.54) is 0 Å². The lowest BCUT2D eigenvalue weighted by Crippen LogP contribution is -2.30. The average Bonchev–Trinajstić information content (AvgIpc) is 3.04. The second-order valence-corrected chi connectivity index (χ2v) is 5.62. The third-order valence-electron chi connectivity index (χ3n) is 3.40. The molecule has 0 atom stereocenters. The van der Waals surface area contributed by atoms with Gasteiger partial charge < -0.3 is 10.3 Å². The summed E-state index contributed by atoms with van der Waals surface area (Å²) in [7, 11) is 0. The molecule has 1 amide bonds. The highest BCUT2D eigenvalue weighted by molar-refractivity contribution is 6.30. The maximum Gasteiger partial charge on any atom is 0.286 e. The van der Waals surface area contributed by atoms with E-state index < -0.39 is 27.6 Å². The summed E-state index contributed by atoms with van der Waals surface area (Å²) in [5.74, 6) is -0.827. The molecule has 132 valence electrons. The number of nitrogens with two attached hydrogens (primary N) is 1. The van der Waals surface area contributed by atoms with Crippen molar-refractivity contribution in [2.75, 3.05) is 0 Å². The molecule has 0 unspecified atom stereocenters. The van der Waals surface area contributed by atoms with Gasteiger partial charge in [0.2, 0.25) is 11.7 Å². The summed E-state index contributed by atoms with van der Waals surface area (Å²) in [6.07, 6.45) is 0.970. The van der Waals surface area contributed by atoms with Crippen molar-refractivity contribution >= 4 is 23.2 Å². The van der Waals surface area contributed by atoms with Gasteiger partial charge in [0, 0.05) is 16.7 Å². The fourth-order valence-electron chi connectivity index (χ4n) is 2.22. The van der Waals surface area contributed by atoms with Crippen molar-refractivity contribution in [3.8, 4) is 11.4 Å². The van der Waals surface area contributed by atoms with Gasteiger partial charge in [-0.15, -0.1) is 0 Å². The van der Waals surface area contributed by atoms with Gasteiger partial charge in [0.1, 0.15) is 12.1 Å². The maximum absolute atomic E-state index is 12.2. The first-order chi connectivity index (χ1) is 12.3. The largest absolute Gasteiger partial charge is 0.365 e. The average molecular weight is 376 g/mol. The number of halogens is 1. The summed E-state index contributed by atoms with van der Waals surface area (Å²) in [5.41, 5.74) is 3.92. The third kappa shape index (κ3) is 3.44. The Balaban J connectivity index is 1.98. The standard InChI is InChI=1S/C15H10ClN5O5/c16-9-3-1-2-8(4-9)14-18-12(26-19-14)7-20-6-10(21(24)25)5-11(13(17)22)15(20)23/h1-6H,7H2,(H2,17,22). The number of hydrogen-bond donors (Lipinski definition) is 1. The predicted molar refractivity (Wildman–Crippen MR) is 89.7 cm³/mol. The molecule has 3 aromatic rings. The Morgan fingerprint density at radius 2 is 2.15 bits per heavy atom. The van der Waals surface area contributed by atoms with E-state index in [1.54, 1.807) is 24.3 Å².